The number of pyridine rings is 1. The third-order valence-electron chi connectivity index (χ3n) is 10.2. The number of fused-ring (bicyclic) bond motifs is 5. The molecule has 1 N–H and O–H groups in total. The van der Waals surface area contributed by atoms with Crippen LogP contribution >= 0.6 is 0 Å². The Bertz CT molecular complexity index is 2170. The minimum Gasteiger partial charge on any atom is -0.372 e. The van der Waals surface area contributed by atoms with Crippen molar-refractivity contribution in [2.24, 2.45) is 13.0 Å². The molecule has 1 aromatic carbocycles. The van der Waals surface area contributed by atoms with E-state index in [1.54, 1.807) is 13.1 Å². The van der Waals surface area contributed by atoms with Gasteiger partial charge in [0.1, 0.15) is 5.65 Å². The van der Waals surface area contributed by atoms with Crippen molar-refractivity contribution < 1.29 is 13.9 Å². The quantitative estimate of drug-likeness (QED) is 0.271. The zero-order valence-electron chi connectivity index (χ0n) is 29.3. The maximum absolute atomic E-state index is 13.0. The van der Waals surface area contributed by atoms with Gasteiger partial charge in [0.15, 0.2) is 0 Å². The molecule has 1 aliphatic carbocycles. The Kier molecular flexibility index (Phi) is 5.32. The number of hydrogen-bond donors (Lipinski definition) is 1. The van der Waals surface area contributed by atoms with Crippen molar-refractivity contribution in [2.45, 2.75) is 57.4 Å². The zero-order chi connectivity index (χ0) is 33.7. The summed E-state index contributed by atoms with van der Waals surface area (Å²) in [5.74, 6) is 0.606. The average molecular weight is 617 g/mol. The maximum Gasteiger partial charge on any atom is 0.213 e. The van der Waals surface area contributed by atoms with Crippen LogP contribution < -0.4 is 4.90 Å². The summed E-state index contributed by atoms with van der Waals surface area (Å²) in [5.41, 5.74) is 5.24. The lowest BCUT2D eigenvalue weighted by molar-refractivity contribution is 0.386. The lowest BCUT2D eigenvalue weighted by atomic mass is 9.74. The second-order valence-corrected chi connectivity index (χ2v) is 15.0. The van der Waals surface area contributed by atoms with E-state index in [-0.39, 0.29) is 18.3 Å². The predicted octanol–water partition coefficient (Wildman–Crippen LogP) is 5.47. The highest BCUT2D eigenvalue weighted by atomic mass is 32.2. The van der Waals surface area contributed by atoms with Crippen molar-refractivity contribution >= 4 is 37.6 Å². The van der Waals surface area contributed by atoms with Crippen LogP contribution in [0.3, 0.4) is 0 Å². The fourth-order valence-corrected chi connectivity index (χ4v) is 8.64. The summed E-state index contributed by atoms with van der Waals surface area (Å²) in [5, 5.41) is 11.0. The highest BCUT2D eigenvalue weighted by molar-refractivity contribution is 7.89. The summed E-state index contributed by atoms with van der Waals surface area (Å²) < 4.78 is 66.6. The Morgan fingerprint density at radius 3 is 2.82 bits per heavy atom. The molecule has 3 aliphatic rings. The number of benzene rings is 1. The number of aromatic amines is 1. The highest BCUT2D eigenvalue weighted by Gasteiger charge is 2.46. The van der Waals surface area contributed by atoms with Gasteiger partial charge in [-0.15, -0.1) is 0 Å². The lowest BCUT2D eigenvalue weighted by Crippen LogP contribution is -2.36. The minimum atomic E-state index is -3.47. The molecule has 0 radical (unpaired) electrons. The molecule has 0 bridgehead atoms. The topological polar surface area (TPSA) is 105 Å². The molecule has 5 aromatic rings. The second-order valence-electron chi connectivity index (χ2n) is 12.8. The van der Waals surface area contributed by atoms with Gasteiger partial charge in [-0.1, -0.05) is 6.07 Å². The smallest absolute Gasteiger partial charge is 0.213 e. The van der Waals surface area contributed by atoms with Crippen molar-refractivity contribution in [1.29, 1.82) is 0 Å². The number of sulfonamides is 1. The van der Waals surface area contributed by atoms with Crippen LogP contribution in [0.4, 0.5) is 5.69 Å². The van der Waals surface area contributed by atoms with Crippen molar-refractivity contribution in [2.75, 3.05) is 37.2 Å². The third kappa shape index (κ3) is 4.23. The summed E-state index contributed by atoms with van der Waals surface area (Å²) in [4.78, 5) is 9.63. The van der Waals surface area contributed by atoms with Crippen LogP contribution in [-0.4, -0.2) is 74.6 Å². The molecule has 3 atom stereocenters. The molecule has 2 unspecified atom stereocenters. The first kappa shape index (κ1) is 23.7. The number of hydrogen-bond acceptors (Lipinski definition) is 6. The number of nitrogens with one attached hydrogen (secondary N) is 1. The van der Waals surface area contributed by atoms with Crippen LogP contribution in [0.2, 0.25) is 0 Å². The molecule has 0 amide bonds. The molecule has 6 heterocycles. The van der Waals surface area contributed by atoms with E-state index in [0.29, 0.717) is 43.1 Å². The van der Waals surface area contributed by atoms with Crippen molar-refractivity contribution in [3.05, 3.63) is 48.5 Å². The number of aryl methyl sites for hydroxylation is 1. The number of nitrogens with zero attached hydrogens (tertiary/aromatic N) is 7. The first-order valence-corrected chi connectivity index (χ1v) is 17.2. The third-order valence-corrected chi connectivity index (χ3v) is 12.1. The summed E-state index contributed by atoms with van der Waals surface area (Å²) in [6, 6.07) is 6.45. The van der Waals surface area contributed by atoms with Gasteiger partial charge >= 0.3 is 0 Å². The summed E-state index contributed by atoms with van der Waals surface area (Å²) in [6.45, 7) is 0.620. The van der Waals surface area contributed by atoms with Gasteiger partial charge < -0.3 is 9.88 Å². The summed E-state index contributed by atoms with van der Waals surface area (Å²) in [7, 11) is -1.56. The molecular formula is C33H40N8O2S. The molecule has 230 valence electrons. The van der Waals surface area contributed by atoms with Gasteiger partial charge in [0.2, 0.25) is 10.0 Å². The fraction of sp³-hybridized carbons (Fsp3) is 0.485. The van der Waals surface area contributed by atoms with Crippen LogP contribution in [0.5, 0.6) is 0 Å². The summed E-state index contributed by atoms with van der Waals surface area (Å²) >= 11 is 0. The first-order valence-electron chi connectivity index (χ1n) is 17.6. The van der Waals surface area contributed by atoms with E-state index in [1.807, 2.05) is 34.9 Å². The monoisotopic (exact) mass is 616 g/mol. The van der Waals surface area contributed by atoms with Gasteiger partial charge in [-0.05, 0) is 75.1 Å². The fourth-order valence-electron chi connectivity index (χ4n) is 7.49. The van der Waals surface area contributed by atoms with Gasteiger partial charge in [-0.3, -0.25) is 9.36 Å². The van der Waals surface area contributed by atoms with Gasteiger partial charge in [0.25, 0.3) is 0 Å². The molecule has 1 spiro atoms. The predicted molar refractivity (Wildman–Crippen MR) is 174 cm³/mol. The van der Waals surface area contributed by atoms with Crippen LogP contribution in [0.15, 0.2) is 43.0 Å². The number of rotatable bonds is 6. The number of aromatic nitrogens is 6. The zero-order valence-corrected chi connectivity index (χ0v) is 26.1. The van der Waals surface area contributed by atoms with Crippen LogP contribution in [0.1, 0.15) is 63.0 Å². The molecule has 1 saturated carbocycles. The van der Waals surface area contributed by atoms with E-state index >= 15 is 0 Å². The highest BCUT2D eigenvalue weighted by Crippen LogP contribution is 2.53. The largest absolute Gasteiger partial charge is 0.372 e. The number of H-pyrrole nitrogens is 1. The molecular weight excluding hydrogens is 572 g/mol. The van der Waals surface area contributed by atoms with Gasteiger partial charge in [0, 0.05) is 71.3 Å². The Labute approximate surface area is 263 Å². The molecule has 1 saturated heterocycles. The van der Waals surface area contributed by atoms with Crippen LogP contribution in [0, 0.1) is 5.92 Å². The van der Waals surface area contributed by atoms with Crippen LogP contribution in [0.25, 0.3) is 44.3 Å². The Morgan fingerprint density at radius 1 is 1.16 bits per heavy atom. The Hall–Kier alpha value is -3.70. The normalized spacial score (nSPS) is 25.2. The van der Waals surface area contributed by atoms with E-state index < -0.39 is 28.9 Å². The Balaban J connectivity index is 1.40. The minimum absolute atomic E-state index is 0.00830. The second kappa shape index (κ2) is 9.90. The van der Waals surface area contributed by atoms with Gasteiger partial charge in [-0.25, -0.2) is 17.7 Å². The van der Waals surface area contributed by atoms with Crippen molar-refractivity contribution in [3.8, 4) is 22.4 Å². The SMILES string of the molecule is [2H][C@H]1N(C([2H])([2H])[2H])c2cnc3[nH]c(-c4cnn(C(C)C5CC5)c4)c(-c4ccc5c(cnn5C)c4)c3c2C12CCCN(S(=O)(=O)CC)CC2. The van der Waals surface area contributed by atoms with E-state index in [0.717, 1.165) is 44.2 Å². The molecule has 10 nitrogen and oxygen atoms in total. The number of anilines is 1. The maximum atomic E-state index is 13.0. The molecule has 2 fully saturated rings. The molecule has 4 aromatic heterocycles. The van der Waals surface area contributed by atoms with E-state index in [1.165, 1.54) is 22.0 Å². The summed E-state index contributed by atoms with van der Waals surface area (Å²) in [6.07, 6.45) is 11.0. The standard InChI is InChI=1S/C33H40N8O2S/c1-5-44(42,43)40-13-6-11-33(12-14-40)20-38(3)27-18-34-32-29(30(27)33)28(23-9-10-26-24(15-23)16-35-39(26)4)31(37-32)25-17-36-41(19-25)21(2)22-7-8-22/h9-10,15-19,21-22H,5-8,11-14,20H2,1-4H3,(H,34,37)/i3D3,20D/t20-,21?,33?/m1/s1. The van der Waals surface area contributed by atoms with Crippen molar-refractivity contribution in [1.82, 2.24) is 33.8 Å². The van der Waals surface area contributed by atoms with E-state index in [4.69, 9.17) is 14.2 Å². The van der Waals surface area contributed by atoms with E-state index in [9.17, 15) is 9.79 Å². The van der Waals surface area contributed by atoms with E-state index in [2.05, 4.69) is 35.3 Å². The van der Waals surface area contributed by atoms with Crippen LogP contribution in [-0.2, 0) is 22.5 Å². The average Bonchev–Trinajstić information content (AvgIpc) is 3.47. The molecule has 8 rings (SSSR count). The Morgan fingerprint density at radius 2 is 2.02 bits per heavy atom. The number of likely N-dealkylation sites (N-methyl/N-ethyl adjacent to an activating group) is 1. The lowest BCUT2D eigenvalue weighted by Gasteiger charge is -2.29. The first-order chi connectivity index (χ1) is 22.8. The molecule has 44 heavy (non-hydrogen) atoms. The van der Waals surface area contributed by atoms with Gasteiger partial charge in [-0.2, -0.15) is 10.2 Å². The molecule has 2 aliphatic heterocycles. The van der Waals surface area contributed by atoms with Gasteiger partial charge in [0.05, 0.1) is 48.7 Å². The van der Waals surface area contributed by atoms with Crippen molar-refractivity contribution in [3.63, 3.8) is 0 Å². The molecule has 11 heteroatoms.